The molecule has 1 rings (SSSR count). The number of amides is 1. The molecule has 0 heterocycles. The van der Waals surface area contributed by atoms with Gasteiger partial charge in [0.25, 0.3) is 11.6 Å². The van der Waals surface area contributed by atoms with E-state index < -0.39 is 22.9 Å². The summed E-state index contributed by atoms with van der Waals surface area (Å²) >= 11 is 0. The van der Waals surface area contributed by atoms with E-state index in [0.29, 0.717) is 0 Å². The highest BCUT2D eigenvalue weighted by Crippen LogP contribution is 2.23. The van der Waals surface area contributed by atoms with Crippen LogP contribution in [-0.2, 0) is 4.79 Å². The van der Waals surface area contributed by atoms with Crippen molar-refractivity contribution in [2.24, 2.45) is 0 Å². The van der Waals surface area contributed by atoms with Gasteiger partial charge in [0.2, 0.25) is 0 Å². The number of aliphatic hydroxyl groups excluding tert-OH is 1. The van der Waals surface area contributed by atoms with Gasteiger partial charge in [-0.05, 0) is 6.07 Å². The van der Waals surface area contributed by atoms with E-state index in [4.69, 9.17) is 14.9 Å². The van der Waals surface area contributed by atoms with Crippen LogP contribution in [0, 0.1) is 10.1 Å². The summed E-state index contributed by atoms with van der Waals surface area (Å²) in [5.41, 5.74) is -0.317. The van der Waals surface area contributed by atoms with Gasteiger partial charge in [-0.3, -0.25) is 14.9 Å². The van der Waals surface area contributed by atoms with Gasteiger partial charge in [0.15, 0.2) is 6.10 Å². The third kappa shape index (κ3) is 4.42. The van der Waals surface area contributed by atoms with Crippen molar-refractivity contribution in [3.63, 3.8) is 0 Å². The van der Waals surface area contributed by atoms with Crippen molar-refractivity contribution in [1.82, 2.24) is 5.32 Å². The largest absolute Gasteiger partial charge is 0.496 e. The van der Waals surface area contributed by atoms with E-state index in [-0.39, 0.29) is 30.0 Å². The molecule has 0 spiro atoms. The summed E-state index contributed by atoms with van der Waals surface area (Å²) in [6.45, 7) is -0.0991. The summed E-state index contributed by atoms with van der Waals surface area (Å²) in [6.07, 6.45) is -1.77. The number of aliphatic hydroxyl groups is 1. The maximum atomic E-state index is 11.9. The first-order valence-electron chi connectivity index (χ1n) is 5.88. The number of nitro benzene ring substituents is 1. The predicted molar refractivity (Wildman–Crippen MR) is 70.2 cm³/mol. The lowest BCUT2D eigenvalue weighted by Gasteiger charge is -2.10. The van der Waals surface area contributed by atoms with Crippen molar-refractivity contribution in [3.8, 4) is 5.75 Å². The van der Waals surface area contributed by atoms with Crippen LogP contribution in [0.1, 0.15) is 16.8 Å². The molecule has 0 saturated heterocycles. The number of carbonyl (C=O) groups excluding carboxylic acids is 1. The van der Waals surface area contributed by atoms with E-state index in [1.165, 1.54) is 19.2 Å². The van der Waals surface area contributed by atoms with E-state index in [1.807, 2.05) is 0 Å². The molecule has 1 amide bonds. The fraction of sp³-hybridized carbons (Fsp3) is 0.333. The lowest BCUT2D eigenvalue weighted by Crippen LogP contribution is -2.30. The van der Waals surface area contributed by atoms with Crippen molar-refractivity contribution < 1.29 is 29.5 Å². The Morgan fingerprint density at radius 3 is 2.67 bits per heavy atom. The number of nitro groups is 1. The van der Waals surface area contributed by atoms with Crippen molar-refractivity contribution >= 4 is 17.6 Å². The number of nitrogens with zero attached hydrogens (tertiary/aromatic N) is 1. The minimum absolute atomic E-state index is 0.0449. The summed E-state index contributed by atoms with van der Waals surface area (Å²) in [4.78, 5) is 32.4. The fourth-order valence-electron chi connectivity index (χ4n) is 1.53. The molecule has 0 aliphatic heterocycles. The zero-order valence-corrected chi connectivity index (χ0v) is 11.1. The first-order chi connectivity index (χ1) is 9.86. The van der Waals surface area contributed by atoms with Crippen LogP contribution in [-0.4, -0.2) is 46.8 Å². The number of carboxylic acids is 1. The number of aliphatic carboxylic acids is 1. The van der Waals surface area contributed by atoms with E-state index >= 15 is 0 Å². The SMILES string of the molecule is COc1ccc([N+](=O)[O-])cc1C(=O)NCCC(O)C(=O)O. The van der Waals surface area contributed by atoms with Gasteiger partial charge < -0.3 is 20.3 Å². The van der Waals surface area contributed by atoms with E-state index in [0.717, 1.165) is 6.07 Å². The van der Waals surface area contributed by atoms with Crippen molar-refractivity contribution in [1.29, 1.82) is 0 Å². The van der Waals surface area contributed by atoms with Crippen LogP contribution in [0.4, 0.5) is 5.69 Å². The number of nitrogens with one attached hydrogen (secondary N) is 1. The molecule has 114 valence electrons. The smallest absolute Gasteiger partial charge is 0.332 e. The van der Waals surface area contributed by atoms with Gasteiger partial charge in [0.05, 0.1) is 17.6 Å². The van der Waals surface area contributed by atoms with Crippen LogP contribution >= 0.6 is 0 Å². The Bertz CT molecular complexity index is 559. The minimum Gasteiger partial charge on any atom is -0.496 e. The number of benzene rings is 1. The molecule has 1 aromatic carbocycles. The van der Waals surface area contributed by atoms with Crippen LogP contribution in [0.2, 0.25) is 0 Å². The first kappa shape index (κ1) is 16.4. The van der Waals surface area contributed by atoms with Crippen LogP contribution in [0.25, 0.3) is 0 Å². The van der Waals surface area contributed by atoms with Crippen LogP contribution < -0.4 is 10.1 Å². The van der Waals surface area contributed by atoms with Gasteiger partial charge in [-0.25, -0.2) is 4.79 Å². The van der Waals surface area contributed by atoms with Crippen LogP contribution in [0.15, 0.2) is 18.2 Å². The van der Waals surface area contributed by atoms with E-state index in [1.54, 1.807) is 0 Å². The monoisotopic (exact) mass is 298 g/mol. The van der Waals surface area contributed by atoms with Crippen LogP contribution in [0.3, 0.4) is 0 Å². The van der Waals surface area contributed by atoms with Crippen molar-refractivity contribution in [3.05, 3.63) is 33.9 Å². The Hall–Kier alpha value is -2.68. The summed E-state index contributed by atoms with van der Waals surface area (Å²) in [6, 6.07) is 3.55. The van der Waals surface area contributed by atoms with Crippen molar-refractivity contribution in [2.45, 2.75) is 12.5 Å². The lowest BCUT2D eigenvalue weighted by molar-refractivity contribution is -0.384. The predicted octanol–water partition coefficient (Wildman–Crippen LogP) is 0.169. The molecule has 9 nitrogen and oxygen atoms in total. The summed E-state index contributed by atoms with van der Waals surface area (Å²) < 4.78 is 4.94. The van der Waals surface area contributed by atoms with Gasteiger partial charge in [0.1, 0.15) is 5.75 Å². The number of non-ortho nitro benzene ring substituents is 1. The number of rotatable bonds is 7. The minimum atomic E-state index is -1.59. The molecule has 0 aliphatic rings. The molecule has 9 heteroatoms. The average Bonchev–Trinajstić information content (AvgIpc) is 2.45. The van der Waals surface area contributed by atoms with Gasteiger partial charge >= 0.3 is 5.97 Å². The highest BCUT2D eigenvalue weighted by Gasteiger charge is 2.18. The molecule has 0 bridgehead atoms. The average molecular weight is 298 g/mol. The Kier molecular flexibility index (Phi) is 5.61. The number of carbonyl (C=O) groups is 2. The standard InChI is InChI=1S/C12H14N2O7/c1-21-10-3-2-7(14(19)20)6-8(10)11(16)13-5-4-9(15)12(17)18/h2-3,6,9,15H,4-5H2,1H3,(H,13,16)(H,17,18). The first-order valence-corrected chi connectivity index (χ1v) is 5.88. The lowest BCUT2D eigenvalue weighted by atomic mass is 10.1. The van der Waals surface area contributed by atoms with Gasteiger partial charge in [0, 0.05) is 25.1 Å². The molecule has 0 aliphatic carbocycles. The molecule has 1 aromatic rings. The second-order valence-electron chi connectivity index (χ2n) is 4.04. The summed E-state index contributed by atoms with van der Waals surface area (Å²) in [5, 5.41) is 30.6. The maximum Gasteiger partial charge on any atom is 0.332 e. The van der Waals surface area contributed by atoms with Gasteiger partial charge in [-0.2, -0.15) is 0 Å². The zero-order chi connectivity index (χ0) is 16.0. The topological polar surface area (TPSA) is 139 Å². The number of ether oxygens (including phenoxy) is 1. The highest BCUT2D eigenvalue weighted by molar-refractivity contribution is 5.97. The van der Waals surface area contributed by atoms with Gasteiger partial charge in [-0.1, -0.05) is 0 Å². The quantitative estimate of drug-likeness (QED) is 0.481. The zero-order valence-electron chi connectivity index (χ0n) is 11.1. The molecule has 3 N–H and O–H groups in total. The second-order valence-corrected chi connectivity index (χ2v) is 4.04. The molecule has 1 atom stereocenters. The Morgan fingerprint density at radius 2 is 2.14 bits per heavy atom. The van der Waals surface area contributed by atoms with E-state index in [2.05, 4.69) is 5.32 Å². The Balaban J connectivity index is 2.78. The highest BCUT2D eigenvalue weighted by atomic mass is 16.6. The Labute approximate surface area is 119 Å². The fourth-order valence-corrected chi connectivity index (χ4v) is 1.53. The molecule has 0 aromatic heterocycles. The summed E-state index contributed by atoms with van der Waals surface area (Å²) in [7, 11) is 1.31. The number of hydrogen-bond acceptors (Lipinski definition) is 6. The summed E-state index contributed by atoms with van der Waals surface area (Å²) in [5.74, 6) is -1.90. The second kappa shape index (κ2) is 7.20. The third-order valence-electron chi connectivity index (χ3n) is 2.63. The number of carboxylic acid groups (broad SMARTS) is 1. The third-order valence-corrected chi connectivity index (χ3v) is 2.63. The molecule has 1 unspecified atom stereocenters. The molecule has 0 saturated carbocycles. The van der Waals surface area contributed by atoms with Gasteiger partial charge in [-0.15, -0.1) is 0 Å². The molecule has 0 fully saturated rings. The molecule has 0 radical (unpaired) electrons. The van der Waals surface area contributed by atoms with Crippen molar-refractivity contribution in [2.75, 3.05) is 13.7 Å². The molecular formula is C12H14N2O7. The van der Waals surface area contributed by atoms with E-state index in [9.17, 15) is 19.7 Å². The Morgan fingerprint density at radius 1 is 1.48 bits per heavy atom. The molecular weight excluding hydrogens is 284 g/mol. The molecule has 21 heavy (non-hydrogen) atoms. The maximum absolute atomic E-state index is 11.9. The normalized spacial score (nSPS) is 11.5. The number of hydrogen-bond donors (Lipinski definition) is 3. The number of methoxy groups -OCH3 is 1. The van der Waals surface area contributed by atoms with Crippen LogP contribution in [0.5, 0.6) is 5.75 Å².